The number of thiocarbonyl (C=S) groups is 1. The van der Waals surface area contributed by atoms with Crippen LogP contribution < -0.4 is 15.4 Å². The molecule has 0 unspecified atom stereocenters. The van der Waals surface area contributed by atoms with E-state index in [-0.39, 0.29) is 5.82 Å². The molecule has 0 saturated carbocycles. The van der Waals surface area contributed by atoms with Crippen LogP contribution in [0.3, 0.4) is 0 Å². The molecule has 0 amide bonds. The number of nitrogens with zero attached hydrogens (tertiary/aromatic N) is 1. The maximum Gasteiger partial charge on any atom is 0.224 e. The average Bonchev–Trinajstić information content (AvgIpc) is 2.62. The Morgan fingerprint density at radius 1 is 1.04 bits per heavy atom. The SMILES string of the molecule is Fc1cccc(Oc2ncccc2CNC(=S)Nc2ccccc2)c1. The first-order chi connectivity index (χ1) is 12.2. The first kappa shape index (κ1) is 16.9. The lowest BCUT2D eigenvalue weighted by Crippen LogP contribution is -2.28. The Kier molecular flexibility index (Phi) is 5.53. The number of anilines is 1. The normalized spacial score (nSPS) is 10.1. The first-order valence-corrected chi connectivity index (χ1v) is 8.09. The Morgan fingerprint density at radius 3 is 2.68 bits per heavy atom. The van der Waals surface area contributed by atoms with Crippen LogP contribution in [0.2, 0.25) is 0 Å². The summed E-state index contributed by atoms with van der Waals surface area (Å²) in [5, 5.41) is 6.70. The number of hydrogen-bond acceptors (Lipinski definition) is 3. The molecule has 4 nitrogen and oxygen atoms in total. The highest BCUT2D eigenvalue weighted by Gasteiger charge is 2.07. The van der Waals surface area contributed by atoms with Crippen LogP contribution >= 0.6 is 12.2 Å². The van der Waals surface area contributed by atoms with Gasteiger partial charge in [-0.05, 0) is 42.5 Å². The average molecular weight is 353 g/mol. The van der Waals surface area contributed by atoms with E-state index < -0.39 is 0 Å². The van der Waals surface area contributed by atoms with Crippen molar-refractivity contribution in [1.29, 1.82) is 0 Å². The molecular weight excluding hydrogens is 337 g/mol. The third-order valence-electron chi connectivity index (χ3n) is 3.33. The van der Waals surface area contributed by atoms with Crippen molar-refractivity contribution in [1.82, 2.24) is 10.3 Å². The van der Waals surface area contributed by atoms with E-state index in [2.05, 4.69) is 15.6 Å². The van der Waals surface area contributed by atoms with Crippen molar-refractivity contribution in [3.8, 4) is 11.6 Å². The Bertz CT molecular complexity index is 858. The topological polar surface area (TPSA) is 46.2 Å². The third-order valence-corrected chi connectivity index (χ3v) is 3.58. The minimum atomic E-state index is -0.360. The number of rotatable bonds is 5. The minimum absolute atomic E-state index is 0.360. The van der Waals surface area contributed by atoms with Crippen molar-refractivity contribution in [3.63, 3.8) is 0 Å². The number of nitrogens with one attached hydrogen (secondary N) is 2. The van der Waals surface area contributed by atoms with E-state index in [4.69, 9.17) is 17.0 Å². The van der Waals surface area contributed by atoms with Gasteiger partial charge >= 0.3 is 0 Å². The van der Waals surface area contributed by atoms with Crippen molar-refractivity contribution in [2.24, 2.45) is 0 Å². The summed E-state index contributed by atoms with van der Waals surface area (Å²) in [7, 11) is 0. The van der Waals surface area contributed by atoms with Gasteiger partial charge in [0.1, 0.15) is 11.6 Å². The van der Waals surface area contributed by atoms with E-state index >= 15 is 0 Å². The molecule has 0 spiro atoms. The van der Waals surface area contributed by atoms with Gasteiger partial charge in [-0.1, -0.05) is 30.3 Å². The Hall–Kier alpha value is -2.99. The molecule has 0 fully saturated rings. The summed E-state index contributed by atoms with van der Waals surface area (Å²) in [5.41, 5.74) is 1.71. The summed E-state index contributed by atoms with van der Waals surface area (Å²) in [6, 6.07) is 19.3. The van der Waals surface area contributed by atoms with Crippen molar-refractivity contribution in [2.45, 2.75) is 6.54 Å². The van der Waals surface area contributed by atoms with Gasteiger partial charge in [-0.25, -0.2) is 9.37 Å². The largest absolute Gasteiger partial charge is 0.439 e. The molecular formula is C19H16FN3OS. The minimum Gasteiger partial charge on any atom is -0.439 e. The molecule has 126 valence electrons. The zero-order valence-electron chi connectivity index (χ0n) is 13.3. The van der Waals surface area contributed by atoms with E-state index in [1.54, 1.807) is 18.3 Å². The van der Waals surface area contributed by atoms with Crippen LogP contribution in [-0.2, 0) is 6.54 Å². The van der Waals surface area contributed by atoms with Gasteiger partial charge in [0.15, 0.2) is 5.11 Å². The molecule has 0 bridgehead atoms. The van der Waals surface area contributed by atoms with Gasteiger partial charge in [0.05, 0.1) is 0 Å². The fourth-order valence-electron chi connectivity index (χ4n) is 2.16. The van der Waals surface area contributed by atoms with E-state index in [1.165, 1.54) is 12.1 Å². The van der Waals surface area contributed by atoms with Crippen molar-refractivity contribution >= 4 is 23.0 Å². The molecule has 0 saturated heterocycles. The zero-order valence-corrected chi connectivity index (χ0v) is 14.1. The van der Waals surface area contributed by atoms with E-state index in [9.17, 15) is 4.39 Å². The number of halogens is 1. The Labute approximate surface area is 150 Å². The Balaban J connectivity index is 1.64. The van der Waals surface area contributed by atoms with Crippen LogP contribution in [0, 0.1) is 5.82 Å². The molecule has 0 aliphatic carbocycles. The van der Waals surface area contributed by atoms with Crippen LogP contribution in [-0.4, -0.2) is 10.1 Å². The molecule has 3 rings (SSSR count). The molecule has 0 atom stereocenters. The van der Waals surface area contributed by atoms with Crippen LogP contribution in [0.4, 0.5) is 10.1 Å². The lowest BCUT2D eigenvalue weighted by atomic mass is 10.2. The summed E-state index contributed by atoms with van der Waals surface area (Å²) in [6.07, 6.45) is 1.62. The highest BCUT2D eigenvalue weighted by molar-refractivity contribution is 7.80. The van der Waals surface area contributed by atoms with Gasteiger partial charge in [-0.2, -0.15) is 0 Å². The summed E-state index contributed by atoms with van der Waals surface area (Å²) in [5.74, 6) is 0.439. The third kappa shape index (κ3) is 4.99. The monoisotopic (exact) mass is 353 g/mol. The smallest absolute Gasteiger partial charge is 0.224 e. The molecule has 6 heteroatoms. The number of para-hydroxylation sites is 1. The number of hydrogen-bond donors (Lipinski definition) is 2. The van der Waals surface area contributed by atoms with E-state index in [0.29, 0.717) is 23.3 Å². The van der Waals surface area contributed by atoms with Gasteiger partial charge < -0.3 is 15.4 Å². The van der Waals surface area contributed by atoms with Crippen LogP contribution in [0.15, 0.2) is 72.9 Å². The predicted molar refractivity (Wildman–Crippen MR) is 100 cm³/mol. The maximum atomic E-state index is 13.3. The predicted octanol–water partition coefficient (Wildman–Crippen LogP) is 4.50. The zero-order chi connectivity index (χ0) is 17.5. The van der Waals surface area contributed by atoms with Crippen LogP contribution in [0.25, 0.3) is 0 Å². The first-order valence-electron chi connectivity index (χ1n) is 7.68. The molecule has 3 aromatic rings. The van der Waals surface area contributed by atoms with E-state index in [0.717, 1.165) is 11.3 Å². The van der Waals surface area contributed by atoms with Crippen LogP contribution in [0.5, 0.6) is 11.6 Å². The molecule has 1 aromatic heterocycles. The molecule has 25 heavy (non-hydrogen) atoms. The maximum absolute atomic E-state index is 13.3. The second-order valence-electron chi connectivity index (χ2n) is 5.20. The second-order valence-corrected chi connectivity index (χ2v) is 5.61. The van der Waals surface area contributed by atoms with Crippen molar-refractivity contribution < 1.29 is 9.13 Å². The van der Waals surface area contributed by atoms with Crippen molar-refractivity contribution in [2.75, 3.05) is 5.32 Å². The molecule has 2 aromatic carbocycles. The summed E-state index contributed by atoms with van der Waals surface area (Å²) >= 11 is 5.29. The molecule has 1 heterocycles. The fourth-order valence-corrected chi connectivity index (χ4v) is 2.35. The number of ether oxygens (including phenoxy) is 1. The Morgan fingerprint density at radius 2 is 1.88 bits per heavy atom. The van der Waals surface area contributed by atoms with Gasteiger partial charge in [0.25, 0.3) is 0 Å². The van der Waals surface area contributed by atoms with Gasteiger partial charge in [0, 0.05) is 30.1 Å². The van der Waals surface area contributed by atoms with Gasteiger partial charge in [-0.3, -0.25) is 0 Å². The second kappa shape index (κ2) is 8.21. The highest BCUT2D eigenvalue weighted by Crippen LogP contribution is 2.23. The summed E-state index contributed by atoms with van der Waals surface area (Å²) in [4.78, 5) is 4.22. The molecule has 0 aliphatic rings. The summed E-state index contributed by atoms with van der Waals surface area (Å²) < 4.78 is 19.0. The lowest BCUT2D eigenvalue weighted by molar-refractivity contribution is 0.451. The number of benzene rings is 2. The summed E-state index contributed by atoms with van der Waals surface area (Å²) in [6.45, 7) is 0.428. The molecule has 2 N–H and O–H groups in total. The number of aromatic nitrogens is 1. The lowest BCUT2D eigenvalue weighted by Gasteiger charge is -2.13. The van der Waals surface area contributed by atoms with Gasteiger partial charge in [-0.15, -0.1) is 0 Å². The highest BCUT2D eigenvalue weighted by atomic mass is 32.1. The fraction of sp³-hybridized carbons (Fsp3) is 0.0526. The van der Waals surface area contributed by atoms with Crippen LogP contribution in [0.1, 0.15) is 5.56 Å². The van der Waals surface area contributed by atoms with Gasteiger partial charge in [0.2, 0.25) is 5.88 Å². The molecule has 0 radical (unpaired) electrons. The standard InChI is InChI=1S/C19H16FN3OS/c20-15-7-4-10-17(12-15)24-18-14(6-5-11-21-18)13-22-19(25)23-16-8-2-1-3-9-16/h1-12H,13H2,(H2,22,23,25). The molecule has 0 aliphatic heterocycles. The number of pyridine rings is 1. The van der Waals surface area contributed by atoms with E-state index in [1.807, 2.05) is 42.5 Å². The van der Waals surface area contributed by atoms with Crippen molar-refractivity contribution in [3.05, 3.63) is 84.3 Å². The quantitative estimate of drug-likeness (QED) is 0.661.